The third-order valence-corrected chi connectivity index (χ3v) is 5.81. The number of hydrogen-bond donors (Lipinski definition) is 1. The summed E-state index contributed by atoms with van der Waals surface area (Å²) in [6.07, 6.45) is 4.38. The highest BCUT2D eigenvalue weighted by Crippen LogP contribution is 2.40. The van der Waals surface area contributed by atoms with Gasteiger partial charge in [-0.1, -0.05) is 6.92 Å². The summed E-state index contributed by atoms with van der Waals surface area (Å²) in [7, 11) is 3.04. The van der Waals surface area contributed by atoms with Gasteiger partial charge < -0.3 is 19.4 Å². The van der Waals surface area contributed by atoms with Gasteiger partial charge in [0.25, 0.3) is 5.91 Å². The summed E-state index contributed by atoms with van der Waals surface area (Å²) < 4.78 is 11.6. The van der Waals surface area contributed by atoms with Crippen LogP contribution in [0.5, 0.6) is 0 Å². The topological polar surface area (TPSA) is 86.6 Å². The fourth-order valence-electron chi connectivity index (χ4n) is 3.20. The Balaban J connectivity index is 1.71. The van der Waals surface area contributed by atoms with E-state index in [2.05, 4.69) is 12.2 Å². The number of methoxy groups -OCH3 is 1. The van der Waals surface area contributed by atoms with Crippen LogP contribution in [0.25, 0.3) is 0 Å². The molecule has 0 radical (unpaired) electrons. The van der Waals surface area contributed by atoms with Crippen molar-refractivity contribution in [2.45, 2.75) is 26.2 Å². The van der Waals surface area contributed by atoms with Crippen molar-refractivity contribution in [2.24, 2.45) is 13.0 Å². The molecule has 7 nitrogen and oxygen atoms in total. The first-order valence-corrected chi connectivity index (χ1v) is 9.53. The summed E-state index contributed by atoms with van der Waals surface area (Å²) in [6, 6.07) is 3.33. The standard InChI is InChI=1S/C19H22N2O5S/c1-11-6-7-12-14(9-11)27-17(16(12)19(24)25-3)20-15(22)10-26-18(23)13-5-4-8-21(13)2/h4-5,8,11H,6-7,9-10H2,1-3H3,(H,20,22)/t11-/m0/s1. The largest absolute Gasteiger partial charge is 0.465 e. The molecule has 0 spiro atoms. The van der Waals surface area contributed by atoms with Crippen LogP contribution in [0.1, 0.15) is 44.6 Å². The zero-order valence-electron chi connectivity index (χ0n) is 15.5. The molecule has 2 aromatic rings. The summed E-state index contributed by atoms with van der Waals surface area (Å²) in [5.74, 6) is -0.992. The van der Waals surface area contributed by atoms with Gasteiger partial charge in [-0.3, -0.25) is 4.79 Å². The molecule has 0 saturated heterocycles. The normalized spacial score (nSPS) is 15.7. The lowest BCUT2D eigenvalue weighted by Gasteiger charge is -2.18. The van der Waals surface area contributed by atoms with Crippen molar-refractivity contribution < 1.29 is 23.9 Å². The summed E-state index contributed by atoms with van der Waals surface area (Å²) >= 11 is 1.39. The number of thiophene rings is 1. The first-order chi connectivity index (χ1) is 12.9. The molecule has 3 rings (SSSR count). The predicted octanol–water partition coefficient (Wildman–Crippen LogP) is 2.79. The average molecular weight is 390 g/mol. The second kappa shape index (κ2) is 7.96. The fraction of sp³-hybridized carbons (Fsp3) is 0.421. The Morgan fingerprint density at radius 3 is 2.78 bits per heavy atom. The number of nitrogens with one attached hydrogen (secondary N) is 1. The Hall–Kier alpha value is -2.61. The maximum atomic E-state index is 12.3. The number of carbonyl (C=O) groups is 3. The van der Waals surface area contributed by atoms with E-state index in [1.165, 1.54) is 18.4 Å². The third kappa shape index (κ3) is 4.05. The fourth-order valence-corrected chi connectivity index (χ4v) is 4.61. The van der Waals surface area contributed by atoms with E-state index in [4.69, 9.17) is 9.47 Å². The number of aryl methyl sites for hydroxylation is 1. The van der Waals surface area contributed by atoms with Gasteiger partial charge in [-0.15, -0.1) is 11.3 Å². The van der Waals surface area contributed by atoms with E-state index in [0.29, 0.717) is 22.2 Å². The van der Waals surface area contributed by atoms with Crippen molar-refractivity contribution >= 4 is 34.2 Å². The second-order valence-corrected chi connectivity index (χ2v) is 7.78. The molecule has 0 saturated carbocycles. The Morgan fingerprint density at radius 2 is 2.11 bits per heavy atom. The van der Waals surface area contributed by atoms with Crippen LogP contribution < -0.4 is 5.32 Å². The van der Waals surface area contributed by atoms with E-state index >= 15 is 0 Å². The van der Waals surface area contributed by atoms with E-state index in [0.717, 1.165) is 29.7 Å². The van der Waals surface area contributed by atoms with Gasteiger partial charge in [-0.25, -0.2) is 9.59 Å². The molecule has 0 aromatic carbocycles. The number of anilines is 1. The van der Waals surface area contributed by atoms with Crippen LogP contribution in [0, 0.1) is 5.92 Å². The minimum atomic E-state index is -0.579. The zero-order chi connectivity index (χ0) is 19.6. The molecule has 2 heterocycles. The van der Waals surface area contributed by atoms with E-state index in [1.807, 2.05) is 0 Å². The number of amides is 1. The van der Waals surface area contributed by atoms with E-state index in [1.54, 1.807) is 29.9 Å². The Morgan fingerprint density at radius 1 is 1.33 bits per heavy atom. The number of fused-ring (bicyclic) bond motifs is 1. The molecule has 1 N–H and O–H groups in total. The molecule has 2 aromatic heterocycles. The van der Waals surface area contributed by atoms with Crippen molar-refractivity contribution in [1.29, 1.82) is 0 Å². The van der Waals surface area contributed by atoms with Gasteiger partial charge in [0.2, 0.25) is 0 Å². The summed E-state index contributed by atoms with van der Waals surface area (Å²) in [4.78, 5) is 37.6. The Labute approximate surface area is 161 Å². The van der Waals surface area contributed by atoms with E-state index in [9.17, 15) is 14.4 Å². The highest BCUT2D eigenvalue weighted by atomic mass is 32.1. The molecular weight excluding hydrogens is 368 g/mol. The lowest BCUT2D eigenvalue weighted by Crippen LogP contribution is -2.22. The lowest BCUT2D eigenvalue weighted by molar-refractivity contribution is -0.119. The lowest BCUT2D eigenvalue weighted by atomic mass is 9.88. The number of carbonyl (C=O) groups excluding carboxylic acids is 3. The number of ether oxygens (including phenoxy) is 2. The van der Waals surface area contributed by atoms with Gasteiger partial charge in [-0.05, 0) is 42.9 Å². The maximum Gasteiger partial charge on any atom is 0.355 e. The smallest absolute Gasteiger partial charge is 0.355 e. The minimum Gasteiger partial charge on any atom is -0.465 e. The molecule has 0 aliphatic heterocycles. The van der Waals surface area contributed by atoms with Crippen LogP contribution in [-0.4, -0.2) is 36.1 Å². The molecule has 1 amide bonds. The van der Waals surface area contributed by atoms with Crippen molar-refractivity contribution in [2.75, 3.05) is 19.0 Å². The number of aromatic nitrogens is 1. The molecule has 1 aliphatic rings. The second-order valence-electron chi connectivity index (χ2n) is 6.68. The first-order valence-electron chi connectivity index (χ1n) is 8.71. The van der Waals surface area contributed by atoms with Crippen LogP contribution in [0.15, 0.2) is 18.3 Å². The Kier molecular flexibility index (Phi) is 5.65. The van der Waals surface area contributed by atoms with Gasteiger partial charge in [0, 0.05) is 18.1 Å². The van der Waals surface area contributed by atoms with Gasteiger partial charge in [0.15, 0.2) is 6.61 Å². The third-order valence-electron chi connectivity index (χ3n) is 4.64. The van der Waals surface area contributed by atoms with Crippen LogP contribution in [-0.2, 0) is 34.2 Å². The van der Waals surface area contributed by atoms with Crippen LogP contribution in [0.4, 0.5) is 5.00 Å². The zero-order valence-corrected chi connectivity index (χ0v) is 16.4. The molecular formula is C19H22N2O5S. The average Bonchev–Trinajstić information content (AvgIpc) is 3.21. The van der Waals surface area contributed by atoms with Crippen LogP contribution >= 0.6 is 11.3 Å². The van der Waals surface area contributed by atoms with Gasteiger partial charge in [0.1, 0.15) is 10.7 Å². The van der Waals surface area contributed by atoms with Crippen LogP contribution in [0.2, 0.25) is 0 Å². The predicted molar refractivity (Wildman–Crippen MR) is 101 cm³/mol. The number of nitrogens with zero attached hydrogens (tertiary/aromatic N) is 1. The summed E-state index contributed by atoms with van der Waals surface area (Å²) in [6.45, 7) is 1.74. The number of hydrogen-bond acceptors (Lipinski definition) is 6. The van der Waals surface area contributed by atoms with Crippen molar-refractivity contribution in [3.8, 4) is 0 Å². The number of esters is 2. The molecule has 0 unspecified atom stereocenters. The Bertz CT molecular complexity index is 883. The van der Waals surface area contributed by atoms with E-state index < -0.39 is 24.5 Å². The van der Waals surface area contributed by atoms with Crippen molar-refractivity contribution in [3.05, 3.63) is 40.0 Å². The molecule has 8 heteroatoms. The SMILES string of the molecule is COC(=O)c1c(NC(=O)COC(=O)c2cccn2C)sc2c1CC[C@H](C)C2. The molecule has 0 bridgehead atoms. The quantitative estimate of drug-likeness (QED) is 0.794. The molecule has 144 valence electrons. The molecule has 27 heavy (non-hydrogen) atoms. The maximum absolute atomic E-state index is 12.3. The minimum absolute atomic E-state index is 0.360. The highest BCUT2D eigenvalue weighted by Gasteiger charge is 2.29. The van der Waals surface area contributed by atoms with Gasteiger partial charge in [-0.2, -0.15) is 0 Å². The van der Waals surface area contributed by atoms with E-state index in [-0.39, 0.29) is 0 Å². The summed E-state index contributed by atoms with van der Waals surface area (Å²) in [5.41, 5.74) is 1.74. The summed E-state index contributed by atoms with van der Waals surface area (Å²) in [5, 5.41) is 3.17. The van der Waals surface area contributed by atoms with Crippen molar-refractivity contribution in [1.82, 2.24) is 4.57 Å². The molecule has 1 atom stereocenters. The van der Waals surface area contributed by atoms with Gasteiger partial charge >= 0.3 is 11.9 Å². The molecule has 0 fully saturated rings. The van der Waals surface area contributed by atoms with Gasteiger partial charge in [0.05, 0.1) is 12.7 Å². The number of rotatable bonds is 5. The van der Waals surface area contributed by atoms with Crippen LogP contribution in [0.3, 0.4) is 0 Å². The van der Waals surface area contributed by atoms with Crippen molar-refractivity contribution in [3.63, 3.8) is 0 Å². The monoisotopic (exact) mass is 390 g/mol. The first kappa shape index (κ1) is 19.2. The molecule has 1 aliphatic carbocycles. The highest BCUT2D eigenvalue weighted by molar-refractivity contribution is 7.17.